The van der Waals surface area contributed by atoms with Crippen LogP contribution < -0.4 is 4.74 Å². The van der Waals surface area contributed by atoms with Crippen LogP contribution in [0.25, 0.3) is 6.08 Å². The molecular weight excluding hydrogens is 280 g/mol. The first-order chi connectivity index (χ1) is 8.28. The van der Waals surface area contributed by atoms with E-state index in [4.69, 9.17) is 9.47 Å². The van der Waals surface area contributed by atoms with E-state index >= 15 is 0 Å². The van der Waals surface area contributed by atoms with Gasteiger partial charge in [-0.3, -0.25) is 0 Å². The molecule has 3 heteroatoms. The van der Waals surface area contributed by atoms with Crippen LogP contribution in [0.15, 0.2) is 28.2 Å². The lowest BCUT2D eigenvalue weighted by Gasteiger charge is -2.35. The molecular formula is C14H15BrO2. The highest BCUT2D eigenvalue weighted by molar-refractivity contribution is 9.10. The summed E-state index contributed by atoms with van der Waals surface area (Å²) in [5.41, 5.74) is 2.44. The summed E-state index contributed by atoms with van der Waals surface area (Å²) in [5.74, 6) is 0.985. The molecule has 0 spiro atoms. The molecule has 0 aromatic heterocycles. The summed E-state index contributed by atoms with van der Waals surface area (Å²) in [5, 5.41) is 0. The molecule has 1 saturated carbocycles. The number of benzene rings is 1. The second-order valence-electron chi connectivity index (χ2n) is 4.59. The van der Waals surface area contributed by atoms with E-state index < -0.39 is 0 Å². The van der Waals surface area contributed by atoms with Gasteiger partial charge in [-0.1, -0.05) is 15.9 Å². The van der Waals surface area contributed by atoms with Gasteiger partial charge in [-0.2, -0.15) is 0 Å². The first-order valence-corrected chi connectivity index (χ1v) is 6.77. The molecule has 90 valence electrons. The molecule has 2 unspecified atom stereocenters. The quantitative estimate of drug-likeness (QED) is 0.784. The summed E-state index contributed by atoms with van der Waals surface area (Å²) in [4.78, 5) is 0. The van der Waals surface area contributed by atoms with Crippen LogP contribution in [0.1, 0.15) is 24.8 Å². The maximum atomic E-state index is 6.05. The maximum absolute atomic E-state index is 6.05. The standard InChI is InChI=1S/C14H15BrO2/c1-16-13-3-2-4-14-11(13)8-9-7-10(15)5-6-12(9)17-14/h5-8,13-14H,2-4H2,1H3. The van der Waals surface area contributed by atoms with E-state index in [1.165, 1.54) is 12.0 Å². The minimum absolute atomic E-state index is 0.211. The lowest BCUT2D eigenvalue weighted by Crippen LogP contribution is -2.34. The lowest BCUT2D eigenvalue weighted by molar-refractivity contribution is 0.0719. The molecule has 2 nitrogen and oxygen atoms in total. The van der Waals surface area contributed by atoms with Crippen molar-refractivity contribution in [3.05, 3.63) is 33.8 Å². The first kappa shape index (κ1) is 11.3. The largest absolute Gasteiger partial charge is 0.485 e. The van der Waals surface area contributed by atoms with Crippen molar-refractivity contribution in [2.45, 2.75) is 31.5 Å². The van der Waals surface area contributed by atoms with Crippen molar-refractivity contribution in [2.75, 3.05) is 7.11 Å². The van der Waals surface area contributed by atoms with Crippen LogP contribution in [0.5, 0.6) is 5.75 Å². The summed E-state index contributed by atoms with van der Waals surface area (Å²) >= 11 is 3.49. The summed E-state index contributed by atoms with van der Waals surface area (Å²) in [6, 6.07) is 6.15. The average molecular weight is 295 g/mol. The van der Waals surface area contributed by atoms with Gasteiger partial charge in [0.2, 0.25) is 0 Å². The van der Waals surface area contributed by atoms with Gasteiger partial charge in [0.25, 0.3) is 0 Å². The number of hydrogen-bond donors (Lipinski definition) is 0. The third-order valence-corrected chi connectivity index (χ3v) is 4.02. The van der Waals surface area contributed by atoms with E-state index in [-0.39, 0.29) is 12.2 Å². The maximum Gasteiger partial charge on any atom is 0.127 e. The van der Waals surface area contributed by atoms with E-state index in [2.05, 4.69) is 28.1 Å². The number of fused-ring (bicyclic) bond motifs is 2. The monoisotopic (exact) mass is 294 g/mol. The molecule has 1 aromatic carbocycles. The van der Waals surface area contributed by atoms with Crippen LogP contribution in [-0.2, 0) is 4.74 Å². The van der Waals surface area contributed by atoms with E-state index in [1.54, 1.807) is 7.11 Å². The number of hydrogen-bond acceptors (Lipinski definition) is 2. The average Bonchev–Trinajstić information content (AvgIpc) is 2.35. The normalized spacial score (nSPS) is 26.6. The molecule has 1 aliphatic heterocycles. The fourth-order valence-corrected chi connectivity index (χ4v) is 3.05. The van der Waals surface area contributed by atoms with Crippen molar-refractivity contribution in [2.24, 2.45) is 0 Å². The predicted molar refractivity (Wildman–Crippen MR) is 71.2 cm³/mol. The van der Waals surface area contributed by atoms with Crippen LogP contribution >= 0.6 is 15.9 Å². The Labute approximate surface area is 110 Å². The van der Waals surface area contributed by atoms with Crippen LogP contribution in [0.4, 0.5) is 0 Å². The van der Waals surface area contributed by atoms with Crippen molar-refractivity contribution >= 4 is 22.0 Å². The Morgan fingerprint density at radius 3 is 3.06 bits per heavy atom. The predicted octanol–water partition coefficient (Wildman–Crippen LogP) is 3.79. The highest BCUT2D eigenvalue weighted by Crippen LogP contribution is 2.38. The minimum atomic E-state index is 0.211. The van der Waals surface area contributed by atoms with Crippen LogP contribution in [0.2, 0.25) is 0 Å². The molecule has 0 radical (unpaired) electrons. The molecule has 17 heavy (non-hydrogen) atoms. The Hall–Kier alpha value is -0.800. The minimum Gasteiger partial charge on any atom is -0.485 e. The molecule has 0 saturated heterocycles. The summed E-state index contributed by atoms with van der Waals surface area (Å²) in [6.07, 6.45) is 6.05. The Morgan fingerprint density at radius 2 is 2.24 bits per heavy atom. The lowest BCUT2D eigenvalue weighted by atomic mass is 9.86. The van der Waals surface area contributed by atoms with Crippen molar-refractivity contribution in [1.82, 2.24) is 0 Å². The third kappa shape index (κ3) is 2.02. The van der Waals surface area contributed by atoms with Crippen LogP contribution in [-0.4, -0.2) is 19.3 Å². The van der Waals surface area contributed by atoms with Gasteiger partial charge in [0.1, 0.15) is 11.9 Å². The molecule has 0 amide bonds. The van der Waals surface area contributed by atoms with Gasteiger partial charge in [0.05, 0.1) is 6.10 Å². The van der Waals surface area contributed by atoms with Gasteiger partial charge in [-0.25, -0.2) is 0 Å². The molecule has 1 heterocycles. The van der Waals surface area contributed by atoms with Gasteiger partial charge in [-0.15, -0.1) is 0 Å². The number of ether oxygens (including phenoxy) is 2. The number of methoxy groups -OCH3 is 1. The molecule has 2 atom stereocenters. The Kier molecular flexibility index (Phi) is 2.97. The Bertz CT molecular complexity index is 467. The Balaban J connectivity index is 2.03. The van der Waals surface area contributed by atoms with Gasteiger partial charge < -0.3 is 9.47 Å². The topological polar surface area (TPSA) is 18.5 Å². The second-order valence-corrected chi connectivity index (χ2v) is 5.50. The van der Waals surface area contributed by atoms with Crippen LogP contribution in [0.3, 0.4) is 0 Å². The first-order valence-electron chi connectivity index (χ1n) is 5.98. The summed E-state index contributed by atoms with van der Waals surface area (Å²) in [6.45, 7) is 0. The van der Waals surface area contributed by atoms with E-state index in [0.29, 0.717) is 0 Å². The summed E-state index contributed by atoms with van der Waals surface area (Å²) < 4.78 is 12.7. The third-order valence-electron chi connectivity index (χ3n) is 3.52. The van der Waals surface area contributed by atoms with Crippen molar-refractivity contribution in [3.63, 3.8) is 0 Å². The van der Waals surface area contributed by atoms with Crippen molar-refractivity contribution in [1.29, 1.82) is 0 Å². The molecule has 2 aliphatic rings. The van der Waals surface area contributed by atoms with Crippen molar-refractivity contribution < 1.29 is 9.47 Å². The molecule has 0 bridgehead atoms. The van der Waals surface area contributed by atoms with E-state index in [0.717, 1.165) is 28.6 Å². The van der Waals surface area contributed by atoms with Gasteiger partial charge in [0.15, 0.2) is 0 Å². The summed E-state index contributed by atoms with van der Waals surface area (Å²) in [7, 11) is 1.78. The van der Waals surface area contributed by atoms with Crippen molar-refractivity contribution in [3.8, 4) is 5.75 Å². The highest BCUT2D eigenvalue weighted by atomic mass is 79.9. The van der Waals surface area contributed by atoms with Gasteiger partial charge in [-0.05, 0) is 49.1 Å². The Morgan fingerprint density at radius 1 is 1.35 bits per heavy atom. The fraction of sp³-hybridized carbons (Fsp3) is 0.429. The molecule has 1 aromatic rings. The van der Waals surface area contributed by atoms with E-state index in [1.807, 2.05) is 12.1 Å². The zero-order valence-corrected chi connectivity index (χ0v) is 11.4. The SMILES string of the molecule is COC1CCCC2Oc3ccc(Br)cc3C=C12. The van der Waals surface area contributed by atoms with Gasteiger partial charge in [0, 0.05) is 17.1 Å². The highest BCUT2D eigenvalue weighted by Gasteiger charge is 2.32. The zero-order chi connectivity index (χ0) is 11.8. The van der Waals surface area contributed by atoms with E-state index in [9.17, 15) is 0 Å². The fourth-order valence-electron chi connectivity index (χ4n) is 2.67. The molecule has 1 fully saturated rings. The number of halogens is 1. The molecule has 3 rings (SSSR count). The second kappa shape index (κ2) is 4.46. The smallest absolute Gasteiger partial charge is 0.127 e. The molecule has 0 N–H and O–H groups in total. The number of rotatable bonds is 1. The zero-order valence-electron chi connectivity index (χ0n) is 9.78. The molecule has 1 aliphatic carbocycles. The van der Waals surface area contributed by atoms with Gasteiger partial charge >= 0.3 is 0 Å². The van der Waals surface area contributed by atoms with Crippen LogP contribution in [0, 0.1) is 0 Å².